The Balaban J connectivity index is 1.62. The van der Waals surface area contributed by atoms with Crippen LogP contribution in [0.15, 0.2) is 30.6 Å². The summed E-state index contributed by atoms with van der Waals surface area (Å²) in [4.78, 5) is 33.0. The summed E-state index contributed by atoms with van der Waals surface area (Å²) in [5, 5.41) is 30.3. The van der Waals surface area contributed by atoms with E-state index in [9.17, 15) is 19.1 Å². The Hall–Kier alpha value is -4.06. The van der Waals surface area contributed by atoms with Crippen molar-refractivity contribution in [3.8, 4) is 16.8 Å². The summed E-state index contributed by atoms with van der Waals surface area (Å²) in [5.41, 5.74) is 1.28. The molecule has 0 aliphatic carbocycles. The Morgan fingerprint density at radius 3 is 2.73 bits per heavy atom. The van der Waals surface area contributed by atoms with Gasteiger partial charge in [0.25, 0.3) is 5.91 Å². The molecule has 0 saturated carbocycles. The second-order valence-corrected chi connectivity index (χ2v) is 10.8. The van der Waals surface area contributed by atoms with Crippen molar-refractivity contribution in [3.05, 3.63) is 53.1 Å². The third-order valence-corrected chi connectivity index (χ3v) is 8.64. The Morgan fingerprint density at radius 2 is 2.02 bits per heavy atom. The first-order valence-corrected chi connectivity index (χ1v) is 13.9. The molecule has 1 unspecified atom stereocenters. The molecule has 0 radical (unpaired) electrons. The van der Waals surface area contributed by atoms with E-state index >= 15 is 0 Å². The number of benzene rings is 1. The van der Waals surface area contributed by atoms with E-state index in [-0.39, 0.29) is 25.5 Å². The number of nitriles is 1. The number of methoxy groups -OCH3 is 1. The van der Waals surface area contributed by atoms with Gasteiger partial charge in [0.15, 0.2) is 0 Å². The fraction of sp³-hybridized carbons (Fsp3) is 0.444. The predicted octanol–water partition coefficient (Wildman–Crippen LogP) is 2.62. The molecular weight excluding hydrogens is 553 g/mol. The third kappa shape index (κ3) is 5.23. The monoisotopic (exact) mass is 583 g/mol. The smallest absolute Gasteiger partial charge is 0.261 e. The molecule has 1 aromatic carbocycles. The molecule has 0 spiro atoms. The zero-order chi connectivity index (χ0) is 29.3. The fourth-order valence-electron chi connectivity index (χ4n) is 5.31. The van der Waals surface area contributed by atoms with Crippen LogP contribution in [0.25, 0.3) is 5.00 Å². The lowest BCUT2D eigenvalue weighted by molar-refractivity contribution is -0.142. The minimum Gasteiger partial charge on any atom is -0.496 e. The fourth-order valence-corrected chi connectivity index (χ4v) is 6.55. The Kier molecular flexibility index (Phi) is 8.20. The molecule has 1 saturated heterocycles. The summed E-state index contributed by atoms with van der Waals surface area (Å²) in [6.07, 6.45) is 1.78. The minimum atomic E-state index is -1.53. The van der Waals surface area contributed by atoms with Gasteiger partial charge in [-0.2, -0.15) is 15.5 Å². The number of thiophene rings is 1. The first-order valence-electron chi connectivity index (χ1n) is 13.1. The van der Waals surface area contributed by atoms with E-state index < -0.39 is 30.2 Å². The molecule has 5 rings (SSSR count). The van der Waals surface area contributed by atoms with Crippen molar-refractivity contribution in [2.75, 3.05) is 38.8 Å². The lowest BCUT2D eigenvalue weighted by Gasteiger charge is -2.46. The molecule has 2 aromatic heterocycles. The van der Waals surface area contributed by atoms with E-state index in [2.05, 4.69) is 10.2 Å². The Bertz CT molecular complexity index is 1470. The molecule has 2 aliphatic rings. The number of carbonyl (C=O) groups is 2. The van der Waals surface area contributed by atoms with Gasteiger partial charge in [0, 0.05) is 24.7 Å². The highest BCUT2D eigenvalue weighted by molar-refractivity contribution is 7.19. The molecule has 2 aliphatic heterocycles. The number of aliphatic hydroxyl groups is 1. The number of aliphatic hydroxyl groups excluding tert-OH is 1. The van der Waals surface area contributed by atoms with Gasteiger partial charge in [-0.1, -0.05) is 11.3 Å². The summed E-state index contributed by atoms with van der Waals surface area (Å²) in [7, 11) is 3.12. The van der Waals surface area contributed by atoms with Crippen LogP contribution in [0.4, 0.5) is 9.39 Å². The highest BCUT2D eigenvalue weighted by atomic mass is 32.1. The van der Waals surface area contributed by atoms with Crippen molar-refractivity contribution in [2.45, 2.75) is 44.7 Å². The standard InChI is InChI=1S/C27H30FN7O5S/c1-16-22-24(37)34(19-6-4-12-32(2)23(19)36)27(38)33(26(22)41-25(16)35-30-10-11-31-35)15-21(40-13-5-9-29)18-14-17(28)7-8-20(18)39-3/h7-8,10-11,14,19,21,27,38H,4-6,12-13,15H2,1-3H3/t19-,21-,27?/m0/s1. The summed E-state index contributed by atoms with van der Waals surface area (Å²) in [6, 6.07) is 5.18. The van der Waals surface area contributed by atoms with E-state index in [4.69, 9.17) is 14.7 Å². The van der Waals surface area contributed by atoms with E-state index in [1.54, 1.807) is 23.8 Å². The SMILES string of the molecule is COc1ccc(F)cc1[C@H](CN1c2sc(-n3nccn3)c(C)c2C(=O)N([C@H]2CCCN(C)C2=O)C1O)OCCC#N. The van der Waals surface area contributed by atoms with E-state index in [0.29, 0.717) is 51.8 Å². The molecule has 3 aromatic rings. The molecule has 216 valence electrons. The number of hydrogen-bond donors (Lipinski definition) is 1. The van der Waals surface area contributed by atoms with E-state index in [1.165, 1.54) is 58.7 Å². The molecule has 1 N–H and O–H groups in total. The first kappa shape index (κ1) is 28.5. The van der Waals surface area contributed by atoms with Crippen LogP contribution in [-0.4, -0.2) is 88.0 Å². The van der Waals surface area contributed by atoms with Gasteiger partial charge in [0.05, 0.1) is 50.7 Å². The van der Waals surface area contributed by atoms with Gasteiger partial charge in [0.2, 0.25) is 12.3 Å². The number of rotatable bonds is 9. The lowest BCUT2D eigenvalue weighted by atomic mass is 10.00. The van der Waals surface area contributed by atoms with Crippen molar-refractivity contribution in [2.24, 2.45) is 0 Å². The first-order chi connectivity index (χ1) is 19.8. The topological polar surface area (TPSA) is 137 Å². The lowest BCUT2D eigenvalue weighted by Crippen LogP contribution is -2.63. The maximum absolute atomic E-state index is 14.4. The average Bonchev–Trinajstić information content (AvgIpc) is 3.60. The van der Waals surface area contributed by atoms with Gasteiger partial charge in [-0.3, -0.25) is 14.5 Å². The average molecular weight is 584 g/mol. The van der Waals surface area contributed by atoms with E-state index in [1.807, 2.05) is 6.07 Å². The molecule has 4 heterocycles. The van der Waals surface area contributed by atoms with Crippen LogP contribution >= 0.6 is 11.3 Å². The molecule has 14 heteroatoms. The quantitative estimate of drug-likeness (QED) is 0.377. The number of anilines is 1. The number of likely N-dealkylation sites (N-methyl/N-ethyl adjacent to an activating group) is 1. The molecular formula is C27H30FN7O5S. The maximum atomic E-state index is 14.4. The van der Waals surface area contributed by atoms with Crippen LogP contribution in [0.5, 0.6) is 5.75 Å². The number of amides is 2. The summed E-state index contributed by atoms with van der Waals surface area (Å²) >= 11 is 1.21. The van der Waals surface area contributed by atoms with Gasteiger partial charge in [0.1, 0.15) is 33.7 Å². The maximum Gasteiger partial charge on any atom is 0.261 e. The van der Waals surface area contributed by atoms with Crippen LogP contribution in [-0.2, 0) is 9.53 Å². The van der Waals surface area contributed by atoms with Gasteiger partial charge in [-0.15, -0.1) is 4.80 Å². The molecule has 41 heavy (non-hydrogen) atoms. The van der Waals surface area contributed by atoms with Crippen molar-refractivity contribution in [3.63, 3.8) is 0 Å². The summed E-state index contributed by atoms with van der Waals surface area (Å²) in [6.45, 7) is 2.32. The van der Waals surface area contributed by atoms with Crippen molar-refractivity contribution in [1.82, 2.24) is 24.8 Å². The zero-order valence-corrected chi connectivity index (χ0v) is 23.7. The second kappa shape index (κ2) is 11.8. The molecule has 2 amide bonds. The van der Waals surface area contributed by atoms with Gasteiger partial charge in [-0.25, -0.2) is 4.39 Å². The van der Waals surface area contributed by atoms with Crippen LogP contribution in [0.2, 0.25) is 0 Å². The number of ether oxygens (including phenoxy) is 2. The number of fused-ring (bicyclic) bond motifs is 1. The number of aromatic nitrogens is 3. The number of likely N-dealkylation sites (tertiary alicyclic amines) is 1. The molecule has 3 atom stereocenters. The van der Waals surface area contributed by atoms with E-state index in [0.717, 1.165) is 0 Å². The van der Waals surface area contributed by atoms with Gasteiger partial charge >= 0.3 is 0 Å². The minimum absolute atomic E-state index is 0.0398. The van der Waals surface area contributed by atoms with Gasteiger partial charge in [-0.05, 0) is 38.0 Å². The largest absolute Gasteiger partial charge is 0.496 e. The van der Waals surface area contributed by atoms with Crippen LogP contribution in [0.1, 0.15) is 46.9 Å². The number of halogens is 1. The molecule has 12 nitrogen and oxygen atoms in total. The van der Waals surface area contributed by atoms with Crippen molar-refractivity contribution in [1.29, 1.82) is 5.26 Å². The number of hydrogen-bond acceptors (Lipinski definition) is 10. The Labute approximate surface area is 240 Å². The van der Waals surface area contributed by atoms with Crippen LogP contribution in [0, 0.1) is 24.1 Å². The zero-order valence-electron chi connectivity index (χ0n) is 22.9. The highest BCUT2D eigenvalue weighted by Gasteiger charge is 2.47. The molecule has 0 bridgehead atoms. The third-order valence-electron chi connectivity index (χ3n) is 7.34. The number of nitrogens with zero attached hydrogens (tertiary/aromatic N) is 7. The highest BCUT2D eigenvalue weighted by Crippen LogP contribution is 2.45. The van der Waals surface area contributed by atoms with Crippen LogP contribution < -0.4 is 9.64 Å². The number of piperidine rings is 1. The normalized spacial score (nSPS) is 19.8. The Morgan fingerprint density at radius 1 is 1.27 bits per heavy atom. The van der Waals surface area contributed by atoms with Gasteiger partial charge < -0.3 is 24.4 Å². The molecule has 1 fully saturated rings. The predicted molar refractivity (Wildman–Crippen MR) is 146 cm³/mol. The summed E-state index contributed by atoms with van der Waals surface area (Å²) in [5.74, 6) is -0.889. The van der Waals surface area contributed by atoms with Crippen molar-refractivity contribution < 1.29 is 28.6 Å². The van der Waals surface area contributed by atoms with Crippen LogP contribution in [0.3, 0.4) is 0 Å². The van der Waals surface area contributed by atoms with Crippen molar-refractivity contribution >= 4 is 28.2 Å². The number of carbonyl (C=O) groups excluding carboxylic acids is 2. The second-order valence-electron chi connectivity index (χ2n) is 9.81. The summed E-state index contributed by atoms with van der Waals surface area (Å²) < 4.78 is 26.0.